The van der Waals surface area contributed by atoms with E-state index >= 15 is 0 Å². The molecule has 19 heavy (non-hydrogen) atoms. The Bertz CT molecular complexity index is 339. The van der Waals surface area contributed by atoms with Gasteiger partial charge in [0.05, 0.1) is 0 Å². The maximum absolute atomic E-state index is 4.87. The molecular weight excluding hydrogens is 252 g/mol. The fourth-order valence-corrected chi connectivity index (χ4v) is 5.11. The minimum Gasteiger partial charge on any atom is -0.364 e. The van der Waals surface area contributed by atoms with Crippen LogP contribution in [0.4, 0.5) is 0 Å². The topological polar surface area (TPSA) is 24.4 Å². The highest BCUT2D eigenvalue weighted by atomic mass is 32.2. The van der Waals surface area contributed by atoms with Crippen molar-refractivity contribution >= 4 is 16.9 Å². The summed E-state index contributed by atoms with van der Waals surface area (Å²) in [6.45, 7) is 4.65. The van der Waals surface area contributed by atoms with Crippen LogP contribution in [0.5, 0.6) is 0 Å². The van der Waals surface area contributed by atoms with Gasteiger partial charge in [0.2, 0.25) is 0 Å². The average Bonchev–Trinajstić information content (AvgIpc) is 2.87. The van der Waals surface area contributed by atoms with Crippen molar-refractivity contribution in [1.29, 1.82) is 0 Å². The van der Waals surface area contributed by atoms with Gasteiger partial charge in [0.15, 0.2) is 5.17 Å². The molecule has 0 atom stereocenters. The van der Waals surface area contributed by atoms with Gasteiger partial charge in [-0.05, 0) is 36.5 Å². The molecule has 0 aromatic rings. The van der Waals surface area contributed by atoms with Gasteiger partial charge in [-0.3, -0.25) is 4.99 Å². The van der Waals surface area contributed by atoms with Gasteiger partial charge in [-0.2, -0.15) is 0 Å². The predicted octanol–water partition coefficient (Wildman–Crippen LogP) is 4.21. The molecule has 3 rings (SSSR count). The number of nitrogens with one attached hydrogen (secondary N) is 1. The summed E-state index contributed by atoms with van der Waals surface area (Å²) in [7, 11) is 0. The Balaban J connectivity index is 1.50. The molecule has 2 aliphatic carbocycles. The smallest absolute Gasteiger partial charge is 0.156 e. The number of hydrogen-bond acceptors (Lipinski definition) is 3. The maximum Gasteiger partial charge on any atom is 0.156 e. The van der Waals surface area contributed by atoms with E-state index in [2.05, 4.69) is 12.2 Å². The molecule has 0 amide bonds. The molecule has 3 aliphatic rings. The normalized spacial score (nSPS) is 29.2. The van der Waals surface area contributed by atoms with E-state index < -0.39 is 0 Å². The Kier molecular flexibility index (Phi) is 4.11. The summed E-state index contributed by atoms with van der Waals surface area (Å²) in [5.74, 6) is 1.30. The molecule has 1 N–H and O–H groups in total. The average molecular weight is 280 g/mol. The summed E-state index contributed by atoms with van der Waals surface area (Å²) in [5.41, 5.74) is 1.09. The lowest BCUT2D eigenvalue weighted by Crippen LogP contribution is -2.39. The monoisotopic (exact) mass is 280 g/mol. The minimum absolute atomic E-state index is 0.531. The molecule has 0 aromatic heterocycles. The van der Waals surface area contributed by atoms with Gasteiger partial charge in [0.25, 0.3) is 0 Å². The minimum atomic E-state index is 0.531. The third-order valence-corrected chi connectivity index (χ3v) is 6.77. The second kappa shape index (κ2) is 5.67. The zero-order valence-electron chi connectivity index (χ0n) is 12.3. The highest BCUT2D eigenvalue weighted by molar-refractivity contribution is 8.13. The lowest BCUT2D eigenvalue weighted by Gasteiger charge is -2.38. The molecule has 0 radical (unpaired) electrons. The first kappa shape index (κ1) is 13.8. The fraction of sp³-hybridized carbons (Fsp3) is 0.938. The van der Waals surface area contributed by atoms with Crippen molar-refractivity contribution in [3.8, 4) is 0 Å². The lowest BCUT2D eigenvalue weighted by atomic mass is 9.75. The SMILES string of the molecule is CC1(CNC2=NCC3(CCCCC3)CS2)CCCC1. The van der Waals surface area contributed by atoms with Crippen LogP contribution in [0.3, 0.4) is 0 Å². The van der Waals surface area contributed by atoms with Crippen LogP contribution in [0.15, 0.2) is 4.99 Å². The van der Waals surface area contributed by atoms with E-state index in [0.29, 0.717) is 10.8 Å². The third kappa shape index (κ3) is 3.29. The van der Waals surface area contributed by atoms with Gasteiger partial charge < -0.3 is 5.32 Å². The quantitative estimate of drug-likeness (QED) is 0.819. The van der Waals surface area contributed by atoms with Crippen LogP contribution in [0, 0.1) is 10.8 Å². The standard InChI is InChI=1S/C16H28N2S/c1-15(7-5-6-8-15)11-17-14-18-12-16(13-19-14)9-3-2-4-10-16/h2-13H2,1H3,(H,17,18). The van der Waals surface area contributed by atoms with Gasteiger partial charge in [-0.1, -0.05) is 50.8 Å². The van der Waals surface area contributed by atoms with Gasteiger partial charge in [-0.15, -0.1) is 0 Å². The Morgan fingerprint density at radius 2 is 1.74 bits per heavy atom. The van der Waals surface area contributed by atoms with Crippen LogP contribution in [0.1, 0.15) is 64.7 Å². The first-order valence-corrected chi connectivity index (χ1v) is 9.10. The highest BCUT2D eigenvalue weighted by Gasteiger charge is 2.35. The summed E-state index contributed by atoms with van der Waals surface area (Å²) in [5, 5.41) is 4.87. The zero-order chi connectivity index (χ0) is 13.2. The highest BCUT2D eigenvalue weighted by Crippen LogP contribution is 2.42. The van der Waals surface area contributed by atoms with E-state index in [1.807, 2.05) is 11.8 Å². The predicted molar refractivity (Wildman–Crippen MR) is 84.9 cm³/mol. The number of rotatable bonds is 2. The second-order valence-electron chi connectivity index (χ2n) is 7.34. The van der Waals surface area contributed by atoms with E-state index in [1.54, 1.807) is 0 Å². The van der Waals surface area contributed by atoms with Crippen molar-refractivity contribution in [3.05, 3.63) is 0 Å². The molecule has 108 valence electrons. The zero-order valence-corrected chi connectivity index (χ0v) is 13.2. The van der Waals surface area contributed by atoms with Crippen LogP contribution in [-0.2, 0) is 0 Å². The van der Waals surface area contributed by atoms with Crippen molar-refractivity contribution in [2.75, 3.05) is 18.8 Å². The fourth-order valence-electron chi connectivity index (χ4n) is 3.96. The largest absolute Gasteiger partial charge is 0.364 e. The van der Waals surface area contributed by atoms with E-state index in [-0.39, 0.29) is 0 Å². The second-order valence-corrected chi connectivity index (χ2v) is 8.31. The van der Waals surface area contributed by atoms with Crippen molar-refractivity contribution in [3.63, 3.8) is 0 Å². The molecule has 3 heteroatoms. The maximum atomic E-state index is 4.87. The molecule has 0 bridgehead atoms. The summed E-state index contributed by atoms with van der Waals surface area (Å²) in [6.07, 6.45) is 12.7. The van der Waals surface area contributed by atoms with Gasteiger partial charge >= 0.3 is 0 Å². The first-order valence-electron chi connectivity index (χ1n) is 8.11. The number of amidine groups is 1. The molecular formula is C16H28N2S. The number of thioether (sulfide) groups is 1. The third-order valence-electron chi connectivity index (χ3n) is 5.46. The van der Waals surface area contributed by atoms with Crippen LogP contribution >= 0.6 is 11.8 Å². The van der Waals surface area contributed by atoms with E-state index in [9.17, 15) is 0 Å². The molecule has 1 heterocycles. The summed E-state index contributed by atoms with van der Waals surface area (Å²) < 4.78 is 0. The first-order chi connectivity index (χ1) is 9.20. The number of nitrogens with zero attached hydrogens (tertiary/aromatic N) is 1. The van der Waals surface area contributed by atoms with Gasteiger partial charge in [0, 0.05) is 18.8 Å². The van der Waals surface area contributed by atoms with Crippen molar-refractivity contribution in [1.82, 2.24) is 5.32 Å². The van der Waals surface area contributed by atoms with E-state index in [4.69, 9.17) is 4.99 Å². The van der Waals surface area contributed by atoms with Crippen molar-refractivity contribution in [2.45, 2.75) is 64.7 Å². The lowest BCUT2D eigenvalue weighted by molar-refractivity contribution is 0.232. The Morgan fingerprint density at radius 1 is 1.05 bits per heavy atom. The summed E-state index contributed by atoms with van der Waals surface area (Å²) in [4.78, 5) is 4.87. The molecule has 2 fully saturated rings. The van der Waals surface area contributed by atoms with Gasteiger partial charge in [-0.25, -0.2) is 0 Å². The molecule has 1 spiro atoms. The van der Waals surface area contributed by atoms with Crippen LogP contribution in [0.25, 0.3) is 0 Å². The van der Waals surface area contributed by atoms with E-state index in [1.165, 1.54) is 68.7 Å². The molecule has 0 saturated heterocycles. The Hall–Kier alpha value is -0.180. The molecule has 0 unspecified atom stereocenters. The van der Waals surface area contributed by atoms with E-state index in [0.717, 1.165) is 13.1 Å². The van der Waals surface area contributed by atoms with Gasteiger partial charge in [0.1, 0.15) is 0 Å². The number of aliphatic imine (C=N–C) groups is 1. The Morgan fingerprint density at radius 3 is 2.37 bits per heavy atom. The Labute approximate surface area is 122 Å². The van der Waals surface area contributed by atoms with Crippen molar-refractivity contribution in [2.24, 2.45) is 15.8 Å². The summed E-state index contributed by atoms with van der Waals surface area (Å²) in [6, 6.07) is 0. The van der Waals surface area contributed by atoms with Crippen LogP contribution in [-0.4, -0.2) is 24.0 Å². The van der Waals surface area contributed by atoms with Crippen LogP contribution < -0.4 is 5.32 Å². The number of hydrogen-bond donors (Lipinski definition) is 1. The van der Waals surface area contributed by atoms with Crippen molar-refractivity contribution < 1.29 is 0 Å². The van der Waals surface area contributed by atoms with Crippen LogP contribution in [0.2, 0.25) is 0 Å². The molecule has 2 nitrogen and oxygen atoms in total. The molecule has 1 aliphatic heterocycles. The molecule has 2 saturated carbocycles. The summed E-state index contributed by atoms with van der Waals surface area (Å²) >= 11 is 1.99. The molecule has 0 aromatic carbocycles.